The zero-order chi connectivity index (χ0) is 21.3. The van der Waals surface area contributed by atoms with Gasteiger partial charge in [-0.25, -0.2) is 14.5 Å². The van der Waals surface area contributed by atoms with Crippen LogP contribution in [-0.2, 0) is 21.9 Å². The first-order valence-corrected chi connectivity index (χ1v) is 8.36. The number of nitrogens with zero attached hydrogens (tertiary/aromatic N) is 3. The molecule has 0 fully saturated rings. The minimum Gasteiger partial charge on any atom is -0.459 e. The molecule has 2 aromatic rings. The maximum absolute atomic E-state index is 12.9. The molecule has 0 radical (unpaired) electrons. The predicted molar refractivity (Wildman–Crippen MR) is 89.9 cm³/mol. The van der Waals surface area contributed by atoms with Crippen LogP contribution in [0.25, 0.3) is 17.6 Å². The first-order valence-electron chi connectivity index (χ1n) is 7.56. The number of ether oxygens (including phenoxy) is 1. The highest BCUT2D eigenvalue weighted by molar-refractivity contribution is 9.12. The number of alkyl halides is 6. The Morgan fingerprint density at radius 2 is 1.64 bits per heavy atom. The van der Waals surface area contributed by atoms with E-state index in [4.69, 9.17) is 4.74 Å². The monoisotopic (exact) mass is 471 g/mol. The molecule has 5 nitrogen and oxygen atoms in total. The lowest BCUT2D eigenvalue weighted by Gasteiger charge is -2.13. The molecule has 28 heavy (non-hydrogen) atoms. The van der Waals surface area contributed by atoms with Gasteiger partial charge in [-0.1, -0.05) is 0 Å². The van der Waals surface area contributed by atoms with Gasteiger partial charge in [0.1, 0.15) is 10.8 Å². The molecular formula is C16H12BrF6N3O2. The van der Waals surface area contributed by atoms with Gasteiger partial charge in [0.15, 0.2) is 5.82 Å². The Morgan fingerprint density at radius 1 is 1.11 bits per heavy atom. The van der Waals surface area contributed by atoms with E-state index < -0.39 is 41.1 Å². The van der Waals surface area contributed by atoms with Crippen LogP contribution in [0, 0.1) is 0 Å². The standard InChI is InChI=1S/C16H12BrF6N3O2/c1-8(2)28-14(27)12(17)6-26-7-24-13(25-26)9-3-10(15(18,19)20)5-11(4-9)16(21,22)23/h3-8H,1-2H3. The van der Waals surface area contributed by atoms with Gasteiger partial charge >= 0.3 is 18.3 Å². The van der Waals surface area contributed by atoms with E-state index in [-0.39, 0.29) is 16.4 Å². The van der Waals surface area contributed by atoms with Gasteiger partial charge in [-0.15, -0.1) is 5.10 Å². The zero-order valence-electron chi connectivity index (χ0n) is 14.3. The van der Waals surface area contributed by atoms with E-state index in [2.05, 4.69) is 26.0 Å². The Balaban J connectivity index is 2.43. The summed E-state index contributed by atoms with van der Waals surface area (Å²) in [6.45, 7) is 3.25. The number of benzene rings is 1. The van der Waals surface area contributed by atoms with Crippen LogP contribution in [0.3, 0.4) is 0 Å². The van der Waals surface area contributed by atoms with Crippen LogP contribution in [0.5, 0.6) is 0 Å². The molecule has 0 bridgehead atoms. The maximum Gasteiger partial charge on any atom is 0.416 e. The minimum atomic E-state index is -4.98. The number of halogens is 7. The van der Waals surface area contributed by atoms with Crippen molar-refractivity contribution in [2.75, 3.05) is 0 Å². The van der Waals surface area contributed by atoms with Crippen LogP contribution in [0.15, 0.2) is 29.0 Å². The van der Waals surface area contributed by atoms with Crippen molar-refractivity contribution in [3.63, 3.8) is 0 Å². The Bertz CT molecular complexity index is 870. The van der Waals surface area contributed by atoms with Gasteiger partial charge in [0.25, 0.3) is 0 Å². The molecule has 0 saturated heterocycles. The highest BCUT2D eigenvalue weighted by Gasteiger charge is 2.37. The lowest BCUT2D eigenvalue weighted by molar-refractivity contribution is -0.143. The fourth-order valence-electron chi connectivity index (χ4n) is 1.99. The molecule has 0 N–H and O–H groups in total. The lowest BCUT2D eigenvalue weighted by atomic mass is 10.0. The summed E-state index contributed by atoms with van der Waals surface area (Å²) in [5, 5.41) is 3.79. The van der Waals surface area contributed by atoms with E-state index in [1.54, 1.807) is 13.8 Å². The van der Waals surface area contributed by atoms with Gasteiger partial charge in [-0.05, 0) is 48.0 Å². The SMILES string of the molecule is CC(C)OC(=O)C(Br)=Cn1cnc(-c2cc(C(F)(F)F)cc(C(F)(F)F)c2)n1. The molecule has 0 unspecified atom stereocenters. The molecule has 0 aliphatic rings. The molecule has 1 heterocycles. The third-order valence-corrected chi connectivity index (χ3v) is 3.67. The number of hydrogen-bond donors (Lipinski definition) is 0. The van der Waals surface area contributed by atoms with Crippen molar-refractivity contribution in [3.8, 4) is 11.4 Å². The lowest BCUT2D eigenvalue weighted by Crippen LogP contribution is -2.11. The minimum absolute atomic E-state index is 0.0128. The van der Waals surface area contributed by atoms with Crippen LogP contribution in [0.2, 0.25) is 0 Å². The van der Waals surface area contributed by atoms with Crippen LogP contribution in [0.4, 0.5) is 26.3 Å². The van der Waals surface area contributed by atoms with Gasteiger partial charge < -0.3 is 4.74 Å². The van der Waals surface area contributed by atoms with Crippen LogP contribution < -0.4 is 0 Å². The van der Waals surface area contributed by atoms with Crippen molar-refractivity contribution in [1.82, 2.24) is 14.8 Å². The number of esters is 1. The van der Waals surface area contributed by atoms with E-state index in [0.29, 0.717) is 12.1 Å². The van der Waals surface area contributed by atoms with Crippen molar-refractivity contribution in [3.05, 3.63) is 40.1 Å². The Morgan fingerprint density at radius 3 is 2.11 bits per heavy atom. The third-order valence-electron chi connectivity index (χ3n) is 3.14. The summed E-state index contributed by atoms with van der Waals surface area (Å²) in [7, 11) is 0. The average molecular weight is 472 g/mol. The molecule has 0 saturated carbocycles. The van der Waals surface area contributed by atoms with E-state index in [1.807, 2.05) is 0 Å². The first kappa shape index (κ1) is 21.9. The van der Waals surface area contributed by atoms with E-state index in [0.717, 1.165) is 17.2 Å². The molecule has 0 aliphatic carbocycles. The van der Waals surface area contributed by atoms with Gasteiger partial charge in [-0.2, -0.15) is 26.3 Å². The largest absolute Gasteiger partial charge is 0.459 e. The second-order valence-electron chi connectivity index (χ2n) is 5.77. The number of carbonyl (C=O) groups excluding carboxylic acids is 1. The number of carbonyl (C=O) groups is 1. The van der Waals surface area contributed by atoms with Crippen molar-refractivity contribution in [2.24, 2.45) is 0 Å². The van der Waals surface area contributed by atoms with Crippen molar-refractivity contribution >= 4 is 28.1 Å². The molecule has 1 aromatic heterocycles. The van der Waals surface area contributed by atoms with E-state index in [9.17, 15) is 31.1 Å². The number of hydrogen-bond acceptors (Lipinski definition) is 4. The van der Waals surface area contributed by atoms with Gasteiger partial charge in [0.2, 0.25) is 0 Å². The average Bonchev–Trinajstić information content (AvgIpc) is 3.00. The molecule has 0 amide bonds. The predicted octanol–water partition coefficient (Wildman–Crippen LogP) is 5.13. The van der Waals surface area contributed by atoms with Crippen molar-refractivity contribution in [2.45, 2.75) is 32.3 Å². The normalized spacial score (nSPS) is 13.1. The molecule has 12 heteroatoms. The Hall–Kier alpha value is -2.37. The summed E-state index contributed by atoms with van der Waals surface area (Å²) >= 11 is 2.95. The van der Waals surface area contributed by atoms with Crippen LogP contribution >= 0.6 is 15.9 Å². The summed E-state index contributed by atoms with van der Waals surface area (Å²) in [4.78, 5) is 15.4. The highest BCUT2D eigenvalue weighted by Crippen LogP contribution is 2.38. The second-order valence-corrected chi connectivity index (χ2v) is 6.63. The maximum atomic E-state index is 12.9. The summed E-state index contributed by atoms with van der Waals surface area (Å²) in [5.74, 6) is -1.11. The Kier molecular flexibility index (Phi) is 6.21. The molecule has 152 valence electrons. The van der Waals surface area contributed by atoms with Crippen LogP contribution in [-0.4, -0.2) is 26.8 Å². The molecule has 0 aliphatic heterocycles. The van der Waals surface area contributed by atoms with E-state index >= 15 is 0 Å². The summed E-state index contributed by atoms with van der Waals surface area (Å²) < 4.78 is 83.4. The quantitative estimate of drug-likeness (QED) is 0.352. The van der Waals surface area contributed by atoms with E-state index in [1.165, 1.54) is 0 Å². The zero-order valence-corrected chi connectivity index (χ0v) is 15.9. The molecule has 1 aromatic carbocycles. The van der Waals surface area contributed by atoms with Crippen molar-refractivity contribution < 1.29 is 35.9 Å². The summed E-state index contributed by atoms with van der Waals surface area (Å²) in [6, 6.07) is 1.04. The van der Waals surface area contributed by atoms with Crippen LogP contribution in [0.1, 0.15) is 25.0 Å². The second kappa shape index (κ2) is 7.94. The van der Waals surface area contributed by atoms with Gasteiger partial charge in [0, 0.05) is 5.56 Å². The van der Waals surface area contributed by atoms with Gasteiger partial charge in [-0.3, -0.25) is 0 Å². The fraction of sp³-hybridized carbons (Fsp3) is 0.312. The third kappa shape index (κ3) is 5.57. The Labute approximate surface area is 163 Å². The molecule has 0 spiro atoms. The number of rotatable bonds is 4. The summed E-state index contributed by atoms with van der Waals surface area (Å²) in [5.41, 5.74) is -3.44. The molecular weight excluding hydrogens is 460 g/mol. The summed E-state index contributed by atoms with van der Waals surface area (Å²) in [6.07, 6.45) is -8.23. The first-order chi connectivity index (χ1) is 12.8. The molecule has 2 rings (SSSR count). The van der Waals surface area contributed by atoms with Crippen molar-refractivity contribution in [1.29, 1.82) is 0 Å². The number of aromatic nitrogens is 3. The van der Waals surface area contributed by atoms with Gasteiger partial charge in [0.05, 0.1) is 23.4 Å². The highest BCUT2D eigenvalue weighted by atomic mass is 79.9. The smallest absolute Gasteiger partial charge is 0.416 e. The molecule has 0 atom stereocenters. The topological polar surface area (TPSA) is 57.0 Å². The fourth-order valence-corrected chi connectivity index (χ4v) is 2.30.